The fourth-order valence-electron chi connectivity index (χ4n) is 0.919. The maximum absolute atomic E-state index is 10.3. The smallest absolute Gasteiger partial charge is 0.390 e. The fraction of sp³-hybridized carbons (Fsp3) is 0. The summed E-state index contributed by atoms with van der Waals surface area (Å²) < 4.78 is 0. The van der Waals surface area contributed by atoms with Crippen LogP contribution in [-0.2, 0) is 0 Å². The van der Waals surface area contributed by atoms with Crippen molar-refractivity contribution < 1.29 is 4.92 Å². The average Bonchev–Trinajstić information content (AvgIpc) is 2.46. The van der Waals surface area contributed by atoms with Crippen molar-refractivity contribution in [2.75, 3.05) is 0 Å². The van der Waals surface area contributed by atoms with Crippen molar-refractivity contribution in [3.05, 3.63) is 28.4 Å². The molecule has 0 aliphatic rings. The number of H-pyrrole nitrogens is 1. The van der Waals surface area contributed by atoms with Crippen molar-refractivity contribution in [1.29, 1.82) is 0 Å². The Balaban J connectivity index is 2.70. The van der Waals surface area contributed by atoms with Crippen LogP contribution in [0, 0.1) is 10.1 Å². The lowest BCUT2D eigenvalue weighted by Crippen LogP contribution is -1.88. The summed E-state index contributed by atoms with van der Waals surface area (Å²) in [7, 11) is 0. The maximum Gasteiger partial charge on any atom is 0.434 e. The minimum atomic E-state index is -0.582. The third kappa shape index (κ3) is 0.895. The highest BCUT2D eigenvalue weighted by molar-refractivity contribution is 5.71. The molecule has 60 valence electrons. The Kier molecular flexibility index (Phi) is 1.26. The lowest BCUT2D eigenvalue weighted by atomic mass is 10.4. The van der Waals surface area contributed by atoms with Gasteiger partial charge in [-0.05, 0) is 22.0 Å². The second-order valence-electron chi connectivity index (χ2n) is 2.19. The van der Waals surface area contributed by atoms with E-state index in [-0.39, 0.29) is 5.95 Å². The first kappa shape index (κ1) is 6.71. The molecule has 2 rings (SSSR count). The standard InChI is InChI=1S/C6H4N4O2/c11-10(12)6-8-4-2-1-3-7-5(4)9-6/h1-3H,(H,7,8,9). The molecule has 2 aromatic heterocycles. The average molecular weight is 164 g/mol. The van der Waals surface area contributed by atoms with Crippen molar-refractivity contribution in [2.24, 2.45) is 0 Å². The van der Waals surface area contributed by atoms with Gasteiger partial charge in [-0.1, -0.05) is 0 Å². The highest BCUT2D eigenvalue weighted by atomic mass is 16.6. The summed E-state index contributed by atoms with van der Waals surface area (Å²) in [6.45, 7) is 0. The number of fused-ring (bicyclic) bond motifs is 1. The van der Waals surface area contributed by atoms with E-state index in [1.165, 1.54) is 6.20 Å². The zero-order valence-electron chi connectivity index (χ0n) is 5.89. The van der Waals surface area contributed by atoms with Crippen LogP contribution in [0.4, 0.5) is 5.95 Å². The van der Waals surface area contributed by atoms with Crippen LogP contribution < -0.4 is 0 Å². The van der Waals surface area contributed by atoms with E-state index in [1.54, 1.807) is 12.1 Å². The number of nitrogens with one attached hydrogen (secondary N) is 1. The molecule has 6 nitrogen and oxygen atoms in total. The number of nitrogens with zero attached hydrogens (tertiary/aromatic N) is 3. The Morgan fingerprint density at radius 2 is 2.42 bits per heavy atom. The number of pyridine rings is 1. The minimum absolute atomic E-state index is 0.274. The molecule has 1 N–H and O–H groups in total. The van der Waals surface area contributed by atoms with Crippen molar-refractivity contribution in [3.63, 3.8) is 0 Å². The third-order valence-corrected chi connectivity index (χ3v) is 1.42. The summed E-state index contributed by atoms with van der Waals surface area (Å²) in [6.07, 6.45) is 1.53. The molecular formula is C6H4N4O2. The van der Waals surface area contributed by atoms with E-state index in [2.05, 4.69) is 15.0 Å². The summed E-state index contributed by atoms with van der Waals surface area (Å²) >= 11 is 0. The van der Waals surface area contributed by atoms with E-state index < -0.39 is 4.92 Å². The third-order valence-electron chi connectivity index (χ3n) is 1.42. The number of rotatable bonds is 1. The van der Waals surface area contributed by atoms with E-state index in [0.29, 0.717) is 11.2 Å². The lowest BCUT2D eigenvalue weighted by molar-refractivity contribution is -0.393. The van der Waals surface area contributed by atoms with Gasteiger partial charge in [0.2, 0.25) is 0 Å². The number of imidazole rings is 1. The van der Waals surface area contributed by atoms with Gasteiger partial charge in [-0.25, -0.2) is 9.97 Å². The highest BCUT2D eigenvalue weighted by Gasteiger charge is 2.12. The summed E-state index contributed by atoms with van der Waals surface area (Å²) in [6, 6.07) is 3.37. The van der Waals surface area contributed by atoms with Crippen LogP contribution in [0.15, 0.2) is 18.3 Å². The summed E-state index contributed by atoms with van der Waals surface area (Å²) in [5, 5.41) is 10.3. The Morgan fingerprint density at radius 3 is 3.08 bits per heavy atom. The second-order valence-corrected chi connectivity index (χ2v) is 2.19. The summed E-state index contributed by atoms with van der Waals surface area (Å²) in [5.41, 5.74) is 0.938. The van der Waals surface area contributed by atoms with E-state index >= 15 is 0 Å². The Labute approximate surface area is 66.4 Å². The van der Waals surface area contributed by atoms with Crippen molar-refractivity contribution in [2.45, 2.75) is 0 Å². The van der Waals surface area contributed by atoms with E-state index in [4.69, 9.17) is 0 Å². The molecule has 0 saturated carbocycles. The monoisotopic (exact) mass is 164 g/mol. The van der Waals surface area contributed by atoms with E-state index in [9.17, 15) is 10.1 Å². The predicted octanol–water partition coefficient (Wildman–Crippen LogP) is 0.866. The molecule has 0 aliphatic heterocycles. The van der Waals surface area contributed by atoms with Crippen LogP contribution >= 0.6 is 0 Å². The van der Waals surface area contributed by atoms with Gasteiger partial charge in [0, 0.05) is 6.20 Å². The quantitative estimate of drug-likeness (QED) is 0.500. The van der Waals surface area contributed by atoms with Crippen LogP contribution in [-0.4, -0.2) is 19.9 Å². The summed E-state index contributed by atoms with van der Waals surface area (Å²) in [5.74, 6) is -0.274. The van der Waals surface area contributed by atoms with Gasteiger partial charge < -0.3 is 10.1 Å². The van der Waals surface area contributed by atoms with Crippen LogP contribution in [0.2, 0.25) is 0 Å². The van der Waals surface area contributed by atoms with Gasteiger partial charge in [0.1, 0.15) is 0 Å². The molecule has 2 aromatic rings. The largest absolute Gasteiger partial charge is 0.434 e. The molecule has 0 fully saturated rings. The van der Waals surface area contributed by atoms with Crippen molar-refractivity contribution >= 4 is 17.1 Å². The first-order valence-corrected chi connectivity index (χ1v) is 3.22. The van der Waals surface area contributed by atoms with Crippen LogP contribution in [0.1, 0.15) is 0 Å². The molecule has 2 heterocycles. The minimum Gasteiger partial charge on any atom is -0.390 e. The number of aromatic nitrogens is 3. The topological polar surface area (TPSA) is 84.7 Å². The van der Waals surface area contributed by atoms with Gasteiger partial charge in [-0.3, -0.25) is 0 Å². The van der Waals surface area contributed by atoms with Gasteiger partial charge in [0.15, 0.2) is 5.52 Å². The van der Waals surface area contributed by atoms with Crippen LogP contribution in [0.25, 0.3) is 11.2 Å². The lowest BCUT2D eigenvalue weighted by Gasteiger charge is -1.84. The molecule has 0 bridgehead atoms. The number of hydrogen-bond acceptors (Lipinski definition) is 4. The molecule has 0 aliphatic carbocycles. The van der Waals surface area contributed by atoms with Gasteiger partial charge >= 0.3 is 5.95 Å². The Bertz CT molecular complexity index is 403. The normalized spacial score (nSPS) is 10.3. The van der Waals surface area contributed by atoms with Crippen molar-refractivity contribution in [1.82, 2.24) is 15.0 Å². The first-order valence-electron chi connectivity index (χ1n) is 3.22. The number of aromatic amines is 1. The van der Waals surface area contributed by atoms with Crippen LogP contribution in [0.5, 0.6) is 0 Å². The Hall–Kier alpha value is -1.98. The van der Waals surface area contributed by atoms with Crippen molar-refractivity contribution in [3.8, 4) is 0 Å². The molecule has 12 heavy (non-hydrogen) atoms. The molecular weight excluding hydrogens is 160 g/mol. The Morgan fingerprint density at radius 1 is 1.58 bits per heavy atom. The maximum atomic E-state index is 10.3. The second kappa shape index (κ2) is 2.26. The molecule has 0 radical (unpaired) electrons. The van der Waals surface area contributed by atoms with Gasteiger partial charge in [-0.15, -0.1) is 0 Å². The molecule has 0 unspecified atom stereocenters. The molecule has 6 heteroatoms. The molecule has 0 spiro atoms. The summed E-state index contributed by atoms with van der Waals surface area (Å²) in [4.78, 5) is 19.7. The zero-order chi connectivity index (χ0) is 8.55. The molecule has 0 aromatic carbocycles. The first-order chi connectivity index (χ1) is 5.77. The number of nitro groups is 1. The van der Waals surface area contributed by atoms with Gasteiger partial charge in [-0.2, -0.15) is 0 Å². The van der Waals surface area contributed by atoms with Gasteiger partial charge in [0.25, 0.3) is 5.65 Å². The van der Waals surface area contributed by atoms with Crippen LogP contribution in [0.3, 0.4) is 0 Å². The molecule has 0 atom stereocenters. The molecule has 0 amide bonds. The predicted molar refractivity (Wildman–Crippen MR) is 40.5 cm³/mol. The van der Waals surface area contributed by atoms with E-state index in [0.717, 1.165) is 0 Å². The SMILES string of the molecule is O=[N+]([O-])c1nc2ncccc2[nH]1. The number of hydrogen-bond donors (Lipinski definition) is 1. The molecule has 0 saturated heterocycles. The fourth-order valence-corrected chi connectivity index (χ4v) is 0.919. The highest BCUT2D eigenvalue weighted by Crippen LogP contribution is 2.11. The van der Waals surface area contributed by atoms with E-state index in [1.807, 2.05) is 0 Å². The van der Waals surface area contributed by atoms with Gasteiger partial charge in [0.05, 0.1) is 0 Å². The zero-order valence-corrected chi connectivity index (χ0v) is 5.89.